The van der Waals surface area contributed by atoms with Crippen LogP contribution in [0.15, 0.2) is 11.3 Å². The zero-order chi connectivity index (χ0) is 19.0. The smallest absolute Gasteiger partial charge is 0.322 e. The van der Waals surface area contributed by atoms with Crippen molar-refractivity contribution < 1.29 is 4.79 Å². The fourth-order valence-electron chi connectivity index (χ4n) is 4.19. The number of carbonyl (C=O) groups is 1. The Kier molecular flexibility index (Phi) is 6.57. The van der Waals surface area contributed by atoms with Gasteiger partial charge < -0.3 is 5.32 Å². The van der Waals surface area contributed by atoms with Gasteiger partial charge in [-0.25, -0.2) is 4.79 Å². The summed E-state index contributed by atoms with van der Waals surface area (Å²) in [5.74, 6) is 2.01. The third kappa shape index (κ3) is 4.15. The summed E-state index contributed by atoms with van der Waals surface area (Å²) in [6, 6.07) is 0.238. The molecule has 1 aliphatic heterocycles. The molecule has 0 aromatic carbocycles. The van der Waals surface area contributed by atoms with Crippen molar-refractivity contribution in [3.8, 4) is 0 Å². The fourth-order valence-corrected chi connectivity index (χ4v) is 4.19. The number of nitrogens with one attached hydrogen (secondary N) is 1. The number of hydrogen-bond donors (Lipinski definition) is 1. The van der Waals surface area contributed by atoms with Gasteiger partial charge in [0.25, 0.3) is 0 Å². The summed E-state index contributed by atoms with van der Waals surface area (Å²) in [6.07, 6.45) is 0. The summed E-state index contributed by atoms with van der Waals surface area (Å²) in [5, 5.41) is 3.38. The van der Waals surface area contributed by atoms with Crippen LogP contribution in [0.2, 0.25) is 0 Å². The van der Waals surface area contributed by atoms with E-state index >= 15 is 0 Å². The number of allylic oxidation sites excluding steroid dienone is 1. The second-order valence-corrected chi connectivity index (χ2v) is 9.65. The molecule has 0 spiro atoms. The lowest BCUT2D eigenvalue weighted by Gasteiger charge is -2.40. The Morgan fingerprint density at radius 3 is 1.67 bits per heavy atom. The largest absolute Gasteiger partial charge is 0.334 e. The van der Waals surface area contributed by atoms with Crippen molar-refractivity contribution in [3.05, 3.63) is 11.3 Å². The van der Waals surface area contributed by atoms with Crippen LogP contribution in [0.1, 0.15) is 76.2 Å². The van der Waals surface area contributed by atoms with Crippen LogP contribution in [-0.2, 0) is 0 Å². The second-order valence-electron chi connectivity index (χ2n) is 9.65. The Morgan fingerprint density at radius 1 is 0.875 bits per heavy atom. The minimum atomic E-state index is -0.239. The molecule has 0 saturated heterocycles. The summed E-state index contributed by atoms with van der Waals surface area (Å²) >= 11 is 0. The van der Waals surface area contributed by atoms with Crippen molar-refractivity contribution in [3.63, 3.8) is 0 Å². The number of hydrogen-bond acceptors (Lipinski definition) is 1. The van der Waals surface area contributed by atoms with Crippen LogP contribution in [-0.4, -0.2) is 22.5 Å². The van der Waals surface area contributed by atoms with E-state index in [2.05, 4.69) is 81.5 Å². The van der Waals surface area contributed by atoms with E-state index in [4.69, 9.17) is 0 Å². The van der Waals surface area contributed by atoms with Gasteiger partial charge in [-0.3, -0.25) is 4.90 Å². The molecule has 0 radical (unpaired) electrons. The molecule has 0 saturated carbocycles. The molecule has 0 aromatic rings. The molecule has 3 nitrogen and oxygen atoms in total. The maximum Gasteiger partial charge on any atom is 0.322 e. The van der Waals surface area contributed by atoms with E-state index in [9.17, 15) is 4.79 Å². The van der Waals surface area contributed by atoms with Gasteiger partial charge in [-0.15, -0.1) is 0 Å². The maximum absolute atomic E-state index is 13.2. The van der Waals surface area contributed by atoms with Gasteiger partial charge in [0.05, 0.1) is 0 Å². The summed E-state index contributed by atoms with van der Waals surface area (Å²) in [5.41, 5.74) is 2.46. The predicted molar refractivity (Wildman–Crippen MR) is 104 cm³/mol. The fraction of sp³-hybridized carbons (Fsp3) is 0.857. The summed E-state index contributed by atoms with van der Waals surface area (Å²) in [4.78, 5) is 15.2. The molecule has 0 bridgehead atoms. The minimum Gasteiger partial charge on any atom is -0.334 e. The first-order valence-corrected chi connectivity index (χ1v) is 9.65. The molecule has 2 unspecified atom stereocenters. The highest BCUT2D eigenvalue weighted by Crippen LogP contribution is 2.41. The van der Waals surface area contributed by atoms with Gasteiger partial charge in [-0.05, 0) is 50.0 Å². The first-order chi connectivity index (χ1) is 10.8. The van der Waals surface area contributed by atoms with Crippen LogP contribution in [0.25, 0.3) is 0 Å². The molecule has 1 rings (SSSR count). The molecule has 24 heavy (non-hydrogen) atoms. The highest BCUT2D eigenvalue weighted by Gasteiger charge is 2.43. The third-order valence-corrected chi connectivity index (χ3v) is 5.05. The van der Waals surface area contributed by atoms with Crippen molar-refractivity contribution in [1.82, 2.24) is 10.2 Å². The average molecular weight is 337 g/mol. The van der Waals surface area contributed by atoms with Crippen LogP contribution in [0.5, 0.6) is 0 Å². The Morgan fingerprint density at radius 2 is 1.38 bits per heavy atom. The van der Waals surface area contributed by atoms with Gasteiger partial charge in [0.2, 0.25) is 0 Å². The van der Waals surface area contributed by atoms with Gasteiger partial charge in [0.1, 0.15) is 0 Å². The third-order valence-electron chi connectivity index (χ3n) is 5.05. The Balaban J connectivity index is 3.79. The lowest BCUT2D eigenvalue weighted by molar-refractivity contribution is 0.158. The van der Waals surface area contributed by atoms with Gasteiger partial charge in [0.15, 0.2) is 0 Å². The summed E-state index contributed by atoms with van der Waals surface area (Å²) in [7, 11) is 0. The van der Waals surface area contributed by atoms with Gasteiger partial charge in [-0.1, -0.05) is 55.4 Å². The summed E-state index contributed by atoms with van der Waals surface area (Å²) < 4.78 is 0. The van der Waals surface area contributed by atoms with E-state index in [0.29, 0.717) is 29.6 Å². The normalized spacial score (nSPS) is 23.6. The number of rotatable bonds is 4. The number of carbonyl (C=O) groups excluding carboxylic acids is 1. The number of urea groups is 1. The molecule has 1 N–H and O–H groups in total. The molecule has 2 atom stereocenters. The van der Waals surface area contributed by atoms with E-state index in [1.54, 1.807) is 0 Å². The van der Waals surface area contributed by atoms with Crippen molar-refractivity contribution >= 4 is 6.03 Å². The Labute approximate surface area is 150 Å². The van der Waals surface area contributed by atoms with Crippen LogP contribution in [0.4, 0.5) is 4.79 Å². The molecular formula is C21H40N2O. The zero-order valence-corrected chi connectivity index (χ0v) is 17.8. The van der Waals surface area contributed by atoms with E-state index in [1.807, 2.05) is 4.90 Å². The highest BCUT2D eigenvalue weighted by atomic mass is 16.2. The van der Waals surface area contributed by atoms with Crippen LogP contribution in [0.3, 0.4) is 0 Å². The van der Waals surface area contributed by atoms with Crippen molar-refractivity contribution in [2.45, 2.75) is 87.7 Å². The van der Waals surface area contributed by atoms with Crippen LogP contribution in [0, 0.1) is 29.6 Å². The van der Waals surface area contributed by atoms with E-state index < -0.39 is 0 Å². The molecule has 2 amide bonds. The Bertz CT molecular complexity index is 481. The second kappa shape index (κ2) is 7.49. The number of nitrogens with zero attached hydrogens (tertiary/aromatic N) is 1. The van der Waals surface area contributed by atoms with Crippen LogP contribution < -0.4 is 5.32 Å². The first kappa shape index (κ1) is 21.1. The van der Waals surface area contributed by atoms with E-state index in [1.165, 1.54) is 11.3 Å². The first-order valence-electron chi connectivity index (χ1n) is 9.65. The average Bonchev–Trinajstić information content (AvgIpc) is 2.51. The van der Waals surface area contributed by atoms with E-state index in [0.717, 1.165) is 0 Å². The minimum absolute atomic E-state index is 0.0613. The molecular weight excluding hydrogens is 296 g/mol. The lowest BCUT2D eigenvalue weighted by atomic mass is 9.72. The monoisotopic (exact) mass is 336 g/mol. The molecule has 0 aromatic heterocycles. The maximum atomic E-state index is 13.2. The number of amides is 2. The summed E-state index contributed by atoms with van der Waals surface area (Å²) in [6.45, 7) is 24.4. The van der Waals surface area contributed by atoms with Crippen molar-refractivity contribution in [1.29, 1.82) is 0 Å². The lowest BCUT2D eigenvalue weighted by Crippen LogP contribution is -2.53. The van der Waals surface area contributed by atoms with Crippen molar-refractivity contribution in [2.24, 2.45) is 29.6 Å². The van der Waals surface area contributed by atoms with Gasteiger partial charge in [-0.2, -0.15) is 0 Å². The van der Waals surface area contributed by atoms with E-state index in [-0.39, 0.29) is 17.6 Å². The quantitative estimate of drug-likeness (QED) is 0.704. The van der Waals surface area contributed by atoms with Gasteiger partial charge in [0, 0.05) is 23.2 Å². The molecule has 1 aliphatic rings. The molecule has 1 heterocycles. The molecule has 0 fully saturated rings. The molecule has 3 heteroatoms. The predicted octanol–water partition coefficient (Wildman–Crippen LogP) is 5.67. The molecule has 140 valence electrons. The topological polar surface area (TPSA) is 32.3 Å². The standard InChI is InChI=1S/C21H40N2O/c1-12(2)16-17(13(3)4)19(15(7)8)23(21(9,10)11)20(24)22-18(16)14(5)6/h12-16,18H,1-11H3,(H,22,24). The highest BCUT2D eigenvalue weighted by molar-refractivity contribution is 5.78. The molecule has 0 aliphatic carbocycles. The zero-order valence-electron chi connectivity index (χ0n) is 17.8. The Hall–Kier alpha value is -0.990. The SMILES string of the molecule is CC(C)C1=C(C(C)C)N(C(C)(C)C)C(=O)NC(C(C)C)C1C(C)C. The van der Waals surface area contributed by atoms with Crippen LogP contribution >= 0.6 is 0 Å². The van der Waals surface area contributed by atoms with Crippen molar-refractivity contribution in [2.75, 3.05) is 0 Å². The van der Waals surface area contributed by atoms with Gasteiger partial charge >= 0.3 is 6.03 Å².